The number of amides is 1. The van der Waals surface area contributed by atoms with Gasteiger partial charge in [0.1, 0.15) is 5.82 Å². The van der Waals surface area contributed by atoms with Crippen LogP contribution in [0.1, 0.15) is 32.6 Å². The van der Waals surface area contributed by atoms with Gasteiger partial charge in [0.25, 0.3) is 5.91 Å². The maximum absolute atomic E-state index is 13.6. The third-order valence-corrected chi connectivity index (χ3v) is 7.48. The molecule has 0 unspecified atom stereocenters. The van der Waals surface area contributed by atoms with Crippen LogP contribution in [0.25, 0.3) is 11.1 Å². The van der Waals surface area contributed by atoms with Crippen LogP contribution >= 0.6 is 22.9 Å². The van der Waals surface area contributed by atoms with Crippen LogP contribution in [0.2, 0.25) is 0 Å². The van der Waals surface area contributed by atoms with Gasteiger partial charge in [-0.05, 0) is 53.4 Å². The van der Waals surface area contributed by atoms with E-state index in [1.54, 1.807) is 0 Å². The number of aromatic nitrogens is 1. The standard InChI is InChI=1S/C27H25F6IN4O/c1-17-5-3-4-6-21(17)22-14-24(37-7-9-38(34)10-8-37)35-15-23(22)25(39)36(2)16-18-11-19(26(28,29)30)13-20(12-18)27(31,32)33/h3-6,11-15H,7-10,16H2,1-2H3. The number of hydrogen-bond donors (Lipinski definition) is 0. The van der Waals surface area contributed by atoms with Crippen LogP contribution in [0.5, 0.6) is 0 Å². The number of alkyl halides is 6. The second-order valence-corrected chi connectivity index (χ2v) is 10.7. The number of piperazine rings is 1. The predicted octanol–water partition coefficient (Wildman–Crippen LogP) is 6.84. The van der Waals surface area contributed by atoms with Crippen LogP contribution in [-0.2, 0) is 18.9 Å². The Labute approximate surface area is 235 Å². The first-order valence-electron chi connectivity index (χ1n) is 12.0. The van der Waals surface area contributed by atoms with Crippen molar-refractivity contribution in [3.05, 3.63) is 82.5 Å². The molecule has 0 bridgehead atoms. The lowest BCUT2D eigenvalue weighted by Gasteiger charge is -2.32. The van der Waals surface area contributed by atoms with Crippen molar-refractivity contribution >= 4 is 34.6 Å². The number of aryl methyl sites for hydroxylation is 1. The Morgan fingerprint density at radius 1 is 0.923 bits per heavy atom. The van der Waals surface area contributed by atoms with E-state index in [0.29, 0.717) is 23.5 Å². The maximum atomic E-state index is 13.6. The SMILES string of the molecule is Cc1ccccc1-c1cc(N2CCN(I)CC2)ncc1C(=O)N(C)Cc1cc(C(F)(F)F)cc(C(F)(F)F)c1. The molecule has 1 aliphatic rings. The van der Waals surface area contributed by atoms with E-state index < -0.39 is 35.9 Å². The van der Waals surface area contributed by atoms with Gasteiger partial charge in [-0.3, -0.25) is 4.79 Å². The lowest BCUT2D eigenvalue weighted by atomic mass is 9.96. The summed E-state index contributed by atoms with van der Waals surface area (Å²) in [4.78, 5) is 21.3. The molecule has 0 N–H and O–H groups in total. The minimum Gasteiger partial charge on any atom is -0.354 e. The van der Waals surface area contributed by atoms with Crippen molar-refractivity contribution in [2.24, 2.45) is 0 Å². The molecule has 1 aliphatic heterocycles. The van der Waals surface area contributed by atoms with Gasteiger partial charge >= 0.3 is 12.4 Å². The van der Waals surface area contributed by atoms with Gasteiger partial charge in [0.05, 0.1) is 16.7 Å². The van der Waals surface area contributed by atoms with E-state index in [1.807, 2.05) is 37.3 Å². The largest absolute Gasteiger partial charge is 0.416 e. The first-order valence-corrected chi connectivity index (χ1v) is 13.0. The van der Waals surface area contributed by atoms with Crippen LogP contribution in [0.4, 0.5) is 32.2 Å². The molecule has 0 saturated carbocycles. The molecule has 39 heavy (non-hydrogen) atoms. The van der Waals surface area contributed by atoms with E-state index >= 15 is 0 Å². The van der Waals surface area contributed by atoms with Crippen molar-refractivity contribution in [2.75, 3.05) is 38.1 Å². The number of anilines is 1. The Morgan fingerprint density at radius 2 is 1.51 bits per heavy atom. The average Bonchev–Trinajstić information content (AvgIpc) is 2.87. The molecule has 12 heteroatoms. The molecule has 0 radical (unpaired) electrons. The van der Waals surface area contributed by atoms with Crippen molar-refractivity contribution in [1.29, 1.82) is 0 Å². The molecule has 0 spiro atoms. The molecular formula is C27H25F6IN4O. The highest BCUT2D eigenvalue weighted by atomic mass is 127. The number of hydrogen-bond acceptors (Lipinski definition) is 4. The highest BCUT2D eigenvalue weighted by molar-refractivity contribution is 14.1. The summed E-state index contributed by atoms with van der Waals surface area (Å²) in [5.74, 6) is 0.111. The van der Waals surface area contributed by atoms with E-state index in [9.17, 15) is 31.1 Å². The third kappa shape index (κ3) is 6.83. The van der Waals surface area contributed by atoms with Gasteiger partial charge in [-0.25, -0.2) is 8.10 Å². The fourth-order valence-corrected chi connectivity index (χ4v) is 4.89. The van der Waals surface area contributed by atoms with E-state index in [-0.39, 0.29) is 17.2 Å². The molecule has 3 aromatic rings. The van der Waals surface area contributed by atoms with Gasteiger partial charge in [-0.15, -0.1) is 0 Å². The zero-order valence-electron chi connectivity index (χ0n) is 21.1. The van der Waals surface area contributed by atoms with Crippen molar-refractivity contribution in [3.8, 4) is 11.1 Å². The first kappa shape index (κ1) is 29.1. The minimum absolute atomic E-state index is 0.0716. The number of carbonyl (C=O) groups is 1. The topological polar surface area (TPSA) is 39.7 Å². The van der Waals surface area contributed by atoms with Gasteiger partial charge in [-0.2, -0.15) is 26.3 Å². The quantitative estimate of drug-likeness (QED) is 0.171. The van der Waals surface area contributed by atoms with E-state index in [0.717, 1.165) is 42.2 Å². The molecule has 0 aliphatic carbocycles. The summed E-state index contributed by atoms with van der Waals surface area (Å²) in [5.41, 5.74) is -0.664. The number of benzene rings is 2. The second kappa shape index (κ2) is 11.3. The number of pyridine rings is 1. The number of rotatable bonds is 5. The zero-order valence-corrected chi connectivity index (χ0v) is 23.2. The Balaban J connectivity index is 1.70. The molecule has 2 aromatic carbocycles. The summed E-state index contributed by atoms with van der Waals surface area (Å²) >= 11 is 2.26. The first-order chi connectivity index (χ1) is 18.2. The van der Waals surface area contributed by atoms with Crippen molar-refractivity contribution in [2.45, 2.75) is 25.8 Å². The summed E-state index contributed by atoms with van der Waals surface area (Å²) < 4.78 is 82.1. The van der Waals surface area contributed by atoms with Crippen LogP contribution in [-0.4, -0.2) is 52.1 Å². The minimum atomic E-state index is -4.97. The van der Waals surface area contributed by atoms with Gasteiger partial charge < -0.3 is 9.80 Å². The highest BCUT2D eigenvalue weighted by Gasteiger charge is 2.37. The number of carbonyl (C=O) groups excluding carboxylic acids is 1. The molecular weight excluding hydrogens is 637 g/mol. The third-order valence-electron chi connectivity index (χ3n) is 6.52. The molecule has 5 nitrogen and oxygen atoms in total. The molecule has 1 aromatic heterocycles. The van der Waals surface area contributed by atoms with Crippen molar-refractivity contribution in [1.82, 2.24) is 13.0 Å². The Morgan fingerprint density at radius 3 is 2.08 bits per heavy atom. The van der Waals surface area contributed by atoms with Crippen LogP contribution in [0.3, 0.4) is 0 Å². The molecule has 1 saturated heterocycles. The maximum Gasteiger partial charge on any atom is 0.416 e. The fourth-order valence-electron chi connectivity index (χ4n) is 4.46. The van der Waals surface area contributed by atoms with E-state index in [4.69, 9.17) is 0 Å². The molecule has 1 amide bonds. The van der Waals surface area contributed by atoms with Crippen molar-refractivity contribution < 1.29 is 31.1 Å². The van der Waals surface area contributed by atoms with E-state index in [2.05, 4.69) is 35.9 Å². The van der Waals surface area contributed by atoms with Gasteiger partial charge in [0, 0.05) is 68.8 Å². The summed E-state index contributed by atoms with van der Waals surface area (Å²) in [6, 6.07) is 10.6. The molecule has 208 valence electrons. The zero-order chi connectivity index (χ0) is 28.5. The average molecular weight is 662 g/mol. The summed E-state index contributed by atoms with van der Waals surface area (Å²) in [7, 11) is 1.34. The summed E-state index contributed by atoms with van der Waals surface area (Å²) in [6.07, 6.45) is -8.52. The molecule has 4 rings (SSSR count). The Hall–Kier alpha value is -2.87. The molecule has 0 atom stereocenters. The smallest absolute Gasteiger partial charge is 0.354 e. The molecule has 2 heterocycles. The normalized spacial score (nSPS) is 14.9. The summed E-state index contributed by atoms with van der Waals surface area (Å²) in [6.45, 7) is 4.59. The number of nitrogens with zero attached hydrogens (tertiary/aromatic N) is 4. The Bertz CT molecular complexity index is 1320. The van der Waals surface area contributed by atoms with Crippen molar-refractivity contribution in [3.63, 3.8) is 0 Å². The summed E-state index contributed by atoms with van der Waals surface area (Å²) in [5, 5.41) is 0. The lowest BCUT2D eigenvalue weighted by Crippen LogP contribution is -2.42. The van der Waals surface area contributed by atoms with E-state index in [1.165, 1.54) is 13.2 Å². The van der Waals surface area contributed by atoms with Crippen LogP contribution < -0.4 is 4.90 Å². The predicted molar refractivity (Wildman–Crippen MR) is 144 cm³/mol. The monoisotopic (exact) mass is 662 g/mol. The van der Waals surface area contributed by atoms with Crippen LogP contribution in [0, 0.1) is 6.92 Å². The van der Waals surface area contributed by atoms with Crippen LogP contribution in [0.15, 0.2) is 54.7 Å². The fraction of sp³-hybridized carbons (Fsp3) is 0.333. The number of halogens is 7. The lowest BCUT2D eigenvalue weighted by molar-refractivity contribution is -0.143. The van der Waals surface area contributed by atoms with Gasteiger partial charge in [-0.1, -0.05) is 24.3 Å². The van der Waals surface area contributed by atoms with Gasteiger partial charge in [0.2, 0.25) is 0 Å². The van der Waals surface area contributed by atoms with Gasteiger partial charge in [0.15, 0.2) is 0 Å². The molecule has 1 fully saturated rings. The highest BCUT2D eigenvalue weighted by Crippen LogP contribution is 2.37. The second-order valence-electron chi connectivity index (χ2n) is 9.38. The Kier molecular flexibility index (Phi) is 8.45.